The molecular formula is C18H21N5O2. The van der Waals surface area contributed by atoms with Gasteiger partial charge in [-0.15, -0.1) is 0 Å². The topological polar surface area (TPSA) is 85.0 Å². The number of para-hydroxylation sites is 1. The van der Waals surface area contributed by atoms with E-state index in [0.717, 1.165) is 22.8 Å². The molecule has 7 heteroatoms. The van der Waals surface area contributed by atoms with Gasteiger partial charge >= 0.3 is 0 Å². The van der Waals surface area contributed by atoms with Gasteiger partial charge in [0.15, 0.2) is 5.82 Å². The minimum atomic E-state index is -0.456. The third-order valence-corrected chi connectivity index (χ3v) is 3.93. The zero-order chi connectivity index (χ0) is 18.0. The molecular weight excluding hydrogens is 318 g/mol. The molecule has 0 bridgehead atoms. The number of nitrogens with zero attached hydrogens (tertiary/aromatic N) is 3. The second-order valence-corrected chi connectivity index (χ2v) is 5.97. The number of benzene rings is 1. The highest BCUT2D eigenvalue weighted by Gasteiger charge is 2.19. The molecule has 0 radical (unpaired) electrons. The molecule has 7 nitrogen and oxygen atoms in total. The molecule has 3 aromatic rings. The Balaban J connectivity index is 1.76. The third-order valence-electron chi connectivity index (χ3n) is 3.93. The van der Waals surface area contributed by atoms with E-state index < -0.39 is 6.04 Å². The Morgan fingerprint density at radius 1 is 1.20 bits per heavy atom. The van der Waals surface area contributed by atoms with Crippen LogP contribution in [0.1, 0.15) is 24.1 Å². The van der Waals surface area contributed by atoms with Crippen LogP contribution in [0.25, 0.3) is 5.69 Å². The Labute approximate surface area is 146 Å². The molecule has 1 atom stereocenters. The van der Waals surface area contributed by atoms with Crippen LogP contribution in [-0.4, -0.2) is 26.9 Å². The largest absolute Gasteiger partial charge is 0.371 e. The maximum absolute atomic E-state index is 12.3. The first kappa shape index (κ1) is 16.8. The van der Waals surface area contributed by atoms with E-state index in [9.17, 15) is 4.79 Å². The number of carbonyl (C=O) groups excluding carboxylic acids is 1. The van der Waals surface area contributed by atoms with Gasteiger partial charge in [0.2, 0.25) is 5.91 Å². The molecule has 0 spiro atoms. The fourth-order valence-corrected chi connectivity index (χ4v) is 2.61. The number of aryl methyl sites for hydroxylation is 2. The van der Waals surface area contributed by atoms with Crippen molar-refractivity contribution in [3.63, 3.8) is 0 Å². The summed E-state index contributed by atoms with van der Waals surface area (Å²) >= 11 is 0. The summed E-state index contributed by atoms with van der Waals surface area (Å²) in [6.45, 7) is 7.46. The number of amides is 1. The number of aromatic nitrogens is 3. The molecule has 0 aliphatic rings. The van der Waals surface area contributed by atoms with E-state index in [1.165, 1.54) is 0 Å². The lowest BCUT2D eigenvalue weighted by atomic mass is 10.2. The van der Waals surface area contributed by atoms with Gasteiger partial charge in [-0.25, -0.2) is 4.68 Å². The van der Waals surface area contributed by atoms with E-state index in [1.54, 1.807) is 19.9 Å². The minimum absolute atomic E-state index is 0.195. The molecule has 1 amide bonds. The number of hydrogen-bond donors (Lipinski definition) is 2. The number of hydrogen-bond acceptors (Lipinski definition) is 5. The molecule has 1 unspecified atom stereocenters. The number of carbonyl (C=O) groups is 1. The third kappa shape index (κ3) is 3.55. The standard InChI is InChI=1S/C18H21N5O2/c1-11-10-16(22-25-11)20-18(24)13(3)19-17-12(2)21-23(14(17)4)15-8-6-5-7-9-15/h5-10,13,19H,1-4H3,(H,20,22,24). The smallest absolute Gasteiger partial charge is 0.247 e. The molecule has 0 fully saturated rings. The molecule has 0 aliphatic heterocycles. The summed E-state index contributed by atoms with van der Waals surface area (Å²) in [5.41, 5.74) is 3.60. The lowest BCUT2D eigenvalue weighted by Crippen LogP contribution is -2.32. The summed E-state index contributed by atoms with van der Waals surface area (Å²) in [6.07, 6.45) is 0. The summed E-state index contributed by atoms with van der Waals surface area (Å²) in [6, 6.07) is 11.1. The molecule has 1 aromatic carbocycles. The van der Waals surface area contributed by atoms with Crippen molar-refractivity contribution in [1.82, 2.24) is 14.9 Å². The van der Waals surface area contributed by atoms with Crippen molar-refractivity contribution < 1.29 is 9.32 Å². The first-order chi connectivity index (χ1) is 12.0. The number of nitrogens with one attached hydrogen (secondary N) is 2. The van der Waals surface area contributed by atoms with Gasteiger partial charge in [0.05, 0.1) is 22.8 Å². The van der Waals surface area contributed by atoms with Crippen molar-refractivity contribution in [2.45, 2.75) is 33.7 Å². The van der Waals surface area contributed by atoms with Gasteiger partial charge in [-0.1, -0.05) is 23.4 Å². The molecule has 25 heavy (non-hydrogen) atoms. The summed E-state index contributed by atoms with van der Waals surface area (Å²) in [7, 11) is 0. The molecule has 0 aliphatic carbocycles. The van der Waals surface area contributed by atoms with Crippen molar-refractivity contribution in [2.24, 2.45) is 0 Å². The highest BCUT2D eigenvalue weighted by Crippen LogP contribution is 2.23. The summed E-state index contributed by atoms with van der Waals surface area (Å²) in [5, 5.41) is 14.3. The molecule has 3 rings (SSSR count). The van der Waals surface area contributed by atoms with Crippen LogP contribution in [0.3, 0.4) is 0 Å². The van der Waals surface area contributed by atoms with Crippen molar-refractivity contribution in [1.29, 1.82) is 0 Å². The lowest BCUT2D eigenvalue weighted by Gasteiger charge is -2.14. The van der Waals surface area contributed by atoms with E-state index in [1.807, 2.05) is 48.9 Å². The van der Waals surface area contributed by atoms with E-state index in [4.69, 9.17) is 4.52 Å². The Morgan fingerprint density at radius 3 is 2.56 bits per heavy atom. The minimum Gasteiger partial charge on any atom is -0.371 e. The maximum atomic E-state index is 12.3. The predicted molar refractivity (Wildman–Crippen MR) is 96.0 cm³/mol. The molecule has 0 saturated carbocycles. The number of rotatable bonds is 5. The zero-order valence-electron chi connectivity index (χ0n) is 14.7. The molecule has 2 N–H and O–H groups in total. The van der Waals surface area contributed by atoms with Gasteiger partial charge in [-0.2, -0.15) is 5.10 Å². The second-order valence-electron chi connectivity index (χ2n) is 5.97. The van der Waals surface area contributed by atoms with Gasteiger partial charge in [0, 0.05) is 6.07 Å². The first-order valence-corrected chi connectivity index (χ1v) is 8.08. The van der Waals surface area contributed by atoms with Crippen molar-refractivity contribution in [3.05, 3.63) is 53.5 Å². The summed E-state index contributed by atoms with van der Waals surface area (Å²) in [5.74, 6) is 0.857. The first-order valence-electron chi connectivity index (χ1n) is 8.08. The van der Waals surface area contributed by atoms with Gasteiger partial charge < -0.3 is 15.2 Å². The zero-order valence-corrected chi connectivity index (χ0v) is 14.7. The molecule has 2 heterocycles. The quantitative estimate of drug-likeness (QED) is 0.745. The summed E-state index contributed by atoms with van der Waals surface area (Å²) < 4.78 is 6.82. The fourth-order valence-electron chi connectivity index (χ4n) is 2.61. The monoisotopic (exact) mass is 339 g/mol. The Kier molecular flexibility index (Phi) is 4.56. The Hall–Kier alpha value is -3.09. The maximum Gasteiger partial charge on any atom is 0.247 e. The Bertz CT molecular complexity index is 882. The van der Waals surface area contributed by atoms with Gasteiger partial charge in [-0.05, 0) is 39.8 Å². The normalized spacial score (nSPS) is 12.0. The van der Waals surface area contributed by atoms with Crippen molar-refractivity contribution in [2.75, 3.05) is 10.6 Å². The second kappa shape index (κ2) is 6.80. The fraction of sp³-hybridized carbons (Fsp3) is 0.278. The Morgan fingerprint density at radius 2 is 1.92 bits per heavy atom. The van der Waals surface area contributed by atoms with Crippen LogP contribution in [0.4, 0.5) is 11.5 Å². The van der Waals surface area contributed by atoms with Crippen LogP contribution in [0, 0.1) is 20.8 Å². The molecule has 0 saturated heterocycles. The van der Waals surface area contributed by atoms with E-state index >= 15 is 0 Å². The molecule has 2 aromatic heterocycles. The van der Waals surface area contributed by atoms with Crippen molar-refractivity contribution in [3.8, 4) is 5.69 Å². The van der Waals surface area contributed by atoms with Crippen LogP contribution in [-0.2, 0) is 4.79 Å². The van der Waals surface area contributed by atoms with E-state index in [2.05, 4.69) is 20.9 Å². The van der Waals surface area contributed by atoms with Gasteiger partial charge in [0.1, 0.15) is 11.8 Å². The highest BCUT2D eigenvalue weighted by atomic mass is 16.5. The van der Waals surface area contributed by atoms with Crippen LogP contribution < -0.4 is 10.6 Å². The van der Waals surface area contributed by atoms with Crippen molar-refractivity contribution >= 4 is 17.4 Å². The van der Waals surface area contributed by atoms with E-state index in [0.29, 0.717) is 11.6 Å². The summed E-state index contributed by atoms with van der Waals surface area (Å²) in [4.78, 5) is 12.3. The van der Waals surface area contributed by atoms with Gasteiger partial charge in [-0.3, -0.25) is 4.79 Å². The molecule has 130 valence electrons. The number of anilines is 2. The average Bonchev–Trinajstić information content (AvgIpc) is 3.13. The lowest BCUT2D eigenvalue weighted by molar-refractivity contribution is -0.116. The van der Waals surface area contributed by atoms with Crippen LogP contribution in [0.2, 0.25) is 0 Å². The van der Waals surface area contributed by atoms with Gasteiger partial charge in [0.25, 0.3) is 0 Å². The van der Waals surface area contributed by atoms with Crippen LogP contribution in [0.15, 0.2) is 40.9 Å². The average molecular weight is 339 g/mol. The predicted octanol–water partition coefficient (Wildman–Crippen LogP) is 3.22. The van der Waals surface area contributed by atoms with Crippen LogP contribution in [0.5, 0.6) is 0 Å². The van der Waals surface area contributed by atoms with E-state index in [-0.39, 0.29) is 5.91 Å². The SMILES string of the molecule is Cc1cc(NC(=O)C(C)Nc2c(C)nn(-c3ccccc3)c2C)no1. The highest BCUT2D eigenvalue weighted by molar-refractivity contribution is 5.95. The van der Waals surface area contributed by atoms with Crippen LogP contribution >= 0.6 is 0 Å².